The second-order valence-corrected chi connectivity index (χ2v) is 6.97. The van der Waals surface area contributed by atoms with E-state index in [1.165, 1.54) is 24.1 Å². The molecule has 1 unspecified atom stereocenters. The highest BCUT2D eigenvalue weighted by atomic mass is 19.1. The highest BCUT2D eigenvalue weighted by Crippen LogP contribution is 2.22. The van der Waals surface area contributed by atoms with Crippen LogP contribution in [0.3, 0.4) is 0 Å². The van der Waals surface area contributed by atoms with Gasteiger partial charge in [-0.3, -0.25) is 14.2 Å². The van der Waals surface area contributed by atoms with Crippen molar-refractivity contribution in [1.82, 2.24) is 9.55 Å². The molecule has 4 aromatic rings. The van der Waals surface area contributed by atoms with E-state index < -0.39 is 29.4 Å². The van der Waals surface area contributed by atoms with Crippen molar-refractivity contribution in [1.29, 1.82) is 0 Å². The maximum Gasteiger partial charge on any atom is 0.263 e. The molecule has 32 heavy (non-hydrogen) atoms. The molecule has 0 saturated carbocycles. The number of aryl methyl sites for hydroxylation is 2. The molecule has 0 radical (unpaired) electrons. The lowest BCUT2D eigenvalue weighted by molar-refractivity contribution is 0.102. The number of phenols is 1. The summed E-state index contributed by atoms with van der Waals surface area (Å²) in [6.45, 7) is 0.0214. The lowest BCUT2D eigenvalue weighted by Gasteiger charge is -2.12. The van der Waals surface area contributed by atoms with Gasteiger partial charge in [0.05, 0.1) is 30.0 Å². The van der Waals surface area contributed by atoms with Gasteiger partial charge in [0.15, 0.2) is 11.6 Å². The average molecular weight is 434 g/mol. The highest BCUT2D eigenvalue weighted by molar-refractivity contribution is 6.08. The van der Waals surface area contributed by atoms with Gasteiger partial charge in [-0.15, -0.1) is 0 Å². The van der Waals surface area contributed by atoms with Crippen LogP contribution in [0.4, 0.5) is 10.1 Å². The number of rotatable bonds is 6. The van der Waals surface area contributed by atoms with E-state index in [0.29, 0.717) is 16.8 Å². The predicted octanol–water partition coefficient (Wildman–Crippen LogP) is 3.74. The van der Waals surface area contributed by atoms with Gasteiger partial charge in [-0.2, -0.15) is 0 Å². The molecule has 1 atom stereocenters. The van der Waals surface area contributed by atoms with Crippen molar-refractivity contribution in [2.45, 2.75) is 12.9 Å². The van der Waals surface area contributed by atoms with Crippen LogP contribution in [0, 0.1) is 5.82 Å². The Hall–Kier alpha value is -4.20. The van der Waals surface area contributed by atoms with Crippen molar-refractivity contribution in [3.8, 4) is 11.5 Å². The van der Waals surface area contributed by atoms with Crippen LogP contribution < -0.4 is 15.6 Å². The molecule has 0 fully saturated rings. The molecule has 1 aromatic heterocycles. The fourth-order valence-electron chi connectivity index (χ4n) is 3.31. The summed E-state index contributed by atoms with van der Waals surface area (Å²) in [6.07, 6.45) is 0.572. The number of aromatic nitrogens is 2. The number of hydrogen-bond acceptors (Lipinski definition) is 5. The van der Waals surface area contributed by atoms with Gasteiger partial charge in [-0.1, -0.05) is 24.3 Å². The molecule has 4 rings (SSSR count). The van der Waals surface area contributed by atoms with Crippen molar-refractivity contribution >= 4 is 22.5 Å². The van der Waals surface area contributed by atoms with Crippen LogP contribution in [-0.2, 0) is 12.9 Å². The third-order valence-corrected chi connectivity index (χ3v) is 4.96. The van der Waals surface area contributed by atoms with Crippen molar-refractivity contribution < 1.29 is 20.4 Å². The molecule has 0 saturated heterocycles. The van der Waals surface area contributed by atoms with Crippen LogP contribution in [0.1, 0.15) is 17.3 Å². The van der Waals surface area contributed by atoms with Crippen molar-refractivity contribution in [2.24, 2.45) is 0 Å². The number of para-hydroxylation sites is 1. The average Bonchev–Trinajstić information content (AvgIpc) is 2.82. The van der Waals surface area contributed by atoms with Crippen LogP contribution in [-0.4, -0.2) is 27.7 Å². The first kappa shape index (κ1) is 19.7. The van der Waals surface area contributed by atoms with E-state index in [9.17, 15) is 19.1 Å². The summed E-state index contributed by atoms with van der Waals surface area (Å²) in [7, 11) is 1.52. The van der Waals surface area contributed by atoms with E-state index in [0.717, 1.165) is 12.1 Å². The Labute approximate surface area is 184 Å². The number of nitrogens with zero attached hydrogens (tertiary/aromatic N) is 2. The van der Waals surface area contributed by atoms with Gasteiger partial charge in [-0.05, 0) is 48.4 Å². The number of benzene rings is 3. The molecule has 3 aromatic carbocycles. The summed E-state index contributed by atoms with van der Waals surface area (Å²) in [5, 5.41) is 12.1. The summed E-state index contributed by atoms with van der Waals surface area (Å²) < 4.78 is 28.8. The maximum atomic E-state index is 13.6. The third-order valence-electron chi connectivity index (χ3n) is 4.96. The summed E-state index contributed by atoms with van der Waals surface area (Å²) >= 11 is 0. The molecule has 0 aliphatic heterocycles. The molecular weight excluding hydrogens is 413 g/mol. The first-order chi connectivity index (χ1) is 15.9. The van der Waals surface area contributed by atoms with Crippen LogP contribution >= 0.6 is 0 Å². The van der Waals surface area contributed by atoms with E-state index in [-0.39, 0.29) is 23.2 Å². The predicted molar refractivity (Wildman–Crippen MR) is 119 cm³/mol. The molecule has 2 N–H and O–H groups in total. The Kier molecular flexibility index (Phi) is 5.48. The number of anilines is 1. The smallest absolute Gasteiger partial charge is 0.263 e. The third kappa shape index (κ3) is 4.15. The van der Waals surface area contributed by atoms with E-state index in [1.807, 2.05) is 0 Å². The first-order valence-electron chi connectivity index (χ1n) is 10.3. The minimum atomic E-state index is -0.928. The van der Waals surface area contributed by atoms with Crippen LogP contribution in [0.5, 0.6) is 11.5 Å². The molecule has 162 valence electrons. The normalized spacial score (nSPS) is 12.2. The Bertz CT molecular complexity index is 1410. The molecule has 7 nitrogen and oxygen atoms in total. The van der Waals surface area contributed by atoms with Gasteiger partial charge in [0.25, 0.3) is 11.5 Å². The number of methoxy groups -OCH3 is 1. The van der Waals surface area contributed by atoms with Crippen LogP contribution in [0.25, 0.3) is 10.9 Å². The number of hydrogen-bond donors (Lipinski definition) is 2. The number of aromatic hydroxyl groups is 1. The van der Waals surface area contributed by atoms with E-state index in [2.05, 4.69) is 10.3 Å². The standard InChI is InChI=1S/C24H20FN3O4/c1-32-21-8-3-2-5-15(21)11-12-28-14-26-18-6-4-7-19(22(18)24(28)31)27-23(30)16-9-10-20(29)17(25)13-16/h2-10,13-14,29H,11-12H2,1H3,(H,27,30)/i11D. The zero-order valence-electron chi connectivity index (χ0n) is 18.1. The largest absolute Gasteiger partial charge is 0.505 e. The van der Waals surface area contributed by atoms with E-state index >= 15 is 0 Å². The topological polar surface area (TPSA) is 93.5 Å². The zero-order chi connectivity index (χ0) is 23.5. The van der Waals surface area contributed by atoms with Crippen LogP contribution in [0.15, 0.2) is 71.8 Å². The second-order valence-electron chi connectivity index (χ2n) is 6.97. The summed E-state index contributed by atoms with van der Waals surface area (Å²) in [4.78, 5) is 30.2. The number of halogens is 1. The Morgan fingerprint density at radius 2 is 2.03 bits per heavy atom. The Morgan fingerprint density at radius 3 is 2.81 bits per heavy atom. The van der Waals surface area contributed by atoms with E-state index in [4.69, 9.17) is 6.11 Å². The second kappa shape index (κ2) is 8.89. The number of carbonyl (C=O) groups excluding carboxylic acids is 1. The molecule has 0 bridgehead atoms. The van der Waals surface area contributed by atoms with Gasteiger partial charge < -0.3 is 15.2 Å². The van der Waals surface area contributed by atoms with Gasteiger partial charge in [-0.25, -0.2) is 9.37 Å². The van der Waals surface area contributed by atoms with Gasteiger partial charge in [0.2, 0.25) is 0 Å². The number of amides is 1. The van der Waals surface area contributed by atoms with Gasteiger partial charge in [0.1, 0.15) is 5.75 Å². The molecule has 1 heterocycles. The maximum absolute atomic E-state index is 13.6. The molecule has 0 aliphatic rings. The fourth-order valence-corrected chi connectivity index (χ4v) is 3.31. The minimum Gasteiger partial charge on any atom is -0.505 e. The first-order valence-corrected chi connectivity index (χ1v) is 9.72. The fraction of sp³-hybridized carbons (Fsp3) is 0.125. The molecule has 0 aliphatic carbocycles. The van der Waals surface area contributed by atoms with E-state index in [1.54, 1.807) is 42.5 Å². The minimum absolute atomic E-state index is 0.0195. The van der Waals surface area contributed by atoms with Crippen molar-refractivity contribution in [2.75, 3.05) is 12.4 Å². The van der Waals surface area contributed by atoms with Crippen molar-refractivity contribution in [3.05, 3.63) is 94.3 Å². The quantitative estimate of drug-likeness (QED) is 0.482. The summed E-state index contributed by atoms with van der Waals surface area (Å²) in [5.41, 5.74) is 0.748. The number of nitrogens with one attached hydrogen (secondary N) is 1. The molecule has 8 heteroatoms. The zero-order valence-corrected chi connectivity index (χ0v) is 17.1. The van der Waals surface area contributed by atoms with Gasteiger partial charge in [0, 0.05) is 13.5 Å². The monoisotopic (exact) mass is 434 g/mol. The van der Waals surface area contributed by atoms with Gasteiger partial charge >= 0.3 is 0 Å². The lowest BCUT2D eigenvalue weighted by atomic mass is 10.1. The number of ether oxygens (including phenoxy) is 1. The highest BCUT2D eigenvalue weighted by Gasteiger charge is 2.14. The molecular formula is C24H20FN3O4. The number of phenolic OH excluding ortho intramolecular Hbond substituents is 1. The molecule has 1 amide bonds. The summed E-state index contributed by atoms with van der Waals surface area (Å²) in [6, 6.07) is 15.2. The van der Waals surface area contributed by atoms with Crippen molar-refractivity contribution in [3.63, 3.8) is 0 Å². The Balaban J connectivity index is 1.68. The lowest BCUT2D eigenvalue weighted by Crippen LogP contribution is -2.23. The number of fused-ring (bicyclic) bond motifs is 1. The molecule has 0 spiro atoms. The Morgan fingerprint density at radius 1 is 1.22 bits per heavy atom. The van der Waals surface area contributed by atoms with Crippen LogP contribution in [0.2, 0.25) is 0 Å². The SMILES string of the molecule is [2H]C(Cn1cnc2cccc(NC(=O)c3ccc(O)c(F)c3)c2c1=O)c1ccccc1OC. The number of carbonyl (C=O) groups is 1. The summed E-state index contributed by atoms with van der Waals surface area (Å²) in [5.74, 6) is -1.59.